The fourth-order valence-electron chi connectivity index (χ4n) is 1.97. The van der Waals surface area contributed by atoms with Gasteiger partial charge in [0.1, 0.15) is 0 Å². The minimum atomic E-state index is 0.468. The van der Waals surface area contributed by atoms with E-state index in [0.29, 0.717) is 18.0 Å². The van der Waals surface area contributed by atoms with E-state index in [1.165, 1.54) is 6.42 Å². The van der Waals surface area contributed by atoms with Crippen molar-refractivity contribution in [2.45, 2.75) is 46.2 Å². The van der Waals surface area contributed by atoms with Crippen LogP contribution in [0.2, 0.25) is 0 Å². The van der Waals surface area contributed by atoms with Crippen LogP contribution in [-0.2, 0) is 0 Å². The fourth-order valence-corrected chi connectivity index (χ4v) is 1.97. The maximum absolute atomic E-state index is 5.82. The van der Waals surface area contributed by atoms with Gasteiger partial charge in [0.15, 0.2) is 5.96 Å². The Morgan fingerprint density at radius 3 is 2.54 bits per heavy atom. The Kier molecular flexibility index (Phi) is 3.17. The van der Waals surface area contributed by atoms with Crippen molar-refractivity contribution in [1.29, 1.82) is 0 Å². The highest BCUT2D eigenvalue weighted by molar-refractivity contribution is 5.80. The molecule has 1 aliphatic rings. The molecule has 0 aromatic carbocycles. The molecule has 3 nitrogen and oxygen atoms in total. The Morgan fingerprint density at radius 1 is 1.46 bits per heavy atom. The Labute approximate surface area is 81.0 Å². The van der Waals surface area contributed by atoms with Crippen LogP contribution in [0.15, 0.2) is 4.99 Å². The second-order valence-electron chi connectivity index (χ2n) is 4.48. The zero-order chi connectivity index (χ0) is 10.0. The van der Waals surface area contributed by atoms with Crippen LogP contribution in [0.4, 0.5) is 0 Å². The molecule has 13 heavy (non-hydrogen) atoms. The second-order valence-corrected chi connectivity index (χ2v) is 4.48. The van der Waals surface area contributed by atoms with Crippen LogP contribution in [0.1, 0.15) is 34.1 Å². The number of rotatable bonds is 3. The largest absolute Gasteiger partial charge is 0.370 e. The third kappa shape index (κ3) is 2.36. The minimum Gasteiger partial charge on any atom is -0.370 e. The Morgan fingerprint density at radius 2 is 2.08 bits per heavy atom. The molecule has 0 spiro atoms. The van der Waals surface area contributed by atoms with E-state index in [2.05, 4.69) is 37.6 Å². The summed E-state index contributed by atoms with van der Waals surface area (Å²) >= 11 is 0. The number of nitrogens with two attached hydrogens (primary N) is 1. The zero-order valence-electron chi connectivity index (χ0n) is 9.12. The lowest BCUT2D eigenvalue weighted by Crippen LogP contribution is -2.45. The van der Waals surface area contributed by atoms with Gasteiger partial charge in [-0.15, -0.1) is 0 Å². The first-order valence-electron chi connectivity index (χ1n) is 5.10. The summed E-state index contributed by atoms with van der Waals surface area (Å²) in [5.41, 5.74) is 5.82. The smallest absolute Gasteiger partial charge is 0.191 e. The van der Waals surface area contributed by atoms with Crippen LogP contribution >= 0.6 is 0 Å². The lowest BCUT2D eigenvalue weighted by atomic mass is 10.0. The molecule has 0 aromatic rings. The van der Waals surface area contributed by atoms with Gasteiger partial charge in [0.2, 0.25) is 0 Å². The zero-order valence-corrected chi connectivity index (χ0v) is 9.12. The normalized spacial score (nSPS) is 23.1. The first-order valence-corrected chi connectivity index (χ1v) is 5.10. The van der Waals surface area contributed by atoms with Crippen molar-refractivity contribution in [2.75, 3.05) is 6.54 Å². The van der Waals surface area contributed by atoms with Crippen LogP contribution in [0.5, 0.6) is 0 Å². The number of hydrogen-bond acceptors (Lipinski definition) is 3. The number of guanidine groups is 1. The molecule has 0 aromatic heterocycles. The SMILES string of the molecule is CC(C)CC1CN=C(N)N1C(C)C. The molecule has 3 heteroatoms. The van der Waals surface area contributed by atoms with Gasteiger partial charge in [0, 0.05) is 6.04 Å². The van der Waals surface area contributed by atoms with Crippen molar-refractivity contribution in [2.24, 2.45) is 16.6 Å². The molecule has 76 valence electrons. The summed E-state index contributed by atoms with van der Waals surface area (Å²) in [4.78, 5) is 6.53. The summed E-state index contributed by atoms with van der Waals surface area (Å²) in [7, 11) is 0. The van der Waals surface area contributed by atoms with E-state index < -0.39 is 0 Å². The van der Waals surface area contributed by atoms with Crippen LogP contribution in [0.3, 0.4) is 0 Å². The van der Waals surface area contributed by atoms with Crippen LogP contribution in [0.25, 0.3) is 0 Å². The first-order chi connectivity index (χ1) is 6.02. The lowest BCUT2D eigenvalue weighted by molar-refractivity contribution is 0.254. The van der Waals surface area contributed by atoms with E-state index in [-0.39, 0.29) is 0 Å². The molecule has 0 saturated heterocycles. The van der Waals surface area contributed by atoms with Crippen molar-refractivity contribution < 1.29 is 0 Å². The summed E-state index contributed by atoms with van der Waals surface area (Å²) in [5.74, 6) is 1.44. The van der Waals surface area contributed by atoms with Gasteiger partial charge in [-0.25, -0.2) is 0 Å². The molecule has 1 aliphatic heterocycles. The van der Waals surface area contributed by atoms with Crippen LogP contribution < -0.4 is 5.73 Å². The summed E-state index contributed by atoms with van der Waals surface area (Å²) in [5, 5.41) is 0. The van der Waals surface area contributed by atoms with Gasteiger partial charge in [-0.2, -0.15) is 0 Å². The van der Waals surface area contributed by atoms with E-state index in [0.717, 1.165) is 12.5 Å². The summed E-state index contributed by atoms with van der Waals surface area (Å²) < 4.78 is 0. The van der Waals surface area contributed by atoms with E-state index >= 15 is 0 Å². The molecule has 0 amide bonds. The Bertz CT molecular complexity index is 196. The molecular weight excluding hydrogens is 162 g/mol. The summed E-state index contributed by atoms with van der Waals surface area (Å²) in [6.45, 7) is 9.70. The van der Waals surface area contributed by atoms with E-state index in [4.69, 9.17) is 5.73 Å². The van der Waals surface area contributed by atoms with Crippen molar-refractivity contribution in [3.63, 3.8) is 0 Å². The molecule has 0 saturated carbocycles. The van der Waals surface area contributed by atoms with Gasteiger partial charge in [0.05, 0.1) is 12.6 Å². The van der Waals surface area contributed by atoms with E-state index in [1.54, 1.807) is 0 Å². The molecule has 0 aliphatic carbocycles. The van der Waals surface area contributed by atoms with Crippen LogP contribution in [-0.4, -0.2) is 29.5 Å². The number of aliphatic imine (C=N–C) groups is 1. The maximum Gasteiger partial charge on any atom is 0.191 e. The predicted molar refractivity (Wildman–Crippen MR) is 56.7 cm³/mol. The Balaban J connectivity index is 2.58. The summed E-state index contributed by atoms with van der Waals surface area (Å²) in [6.07, 6.45) is 1.18. The van der Waals surface area contributed by atoms with Crippen molar-refractivity contribution >= 4 is 5.96 Å². The fraction of sp³-hybridized carbons (Fsp3) is 0.900. The minimum absolute atomic E-state index is 0.468. The molecule has 2 N–H and O–H groups in total. The van der Waals surface area contributed by atoms with Gasteiger partial charge in [-0.05, 0) is 26.2 Å². The second kappa shape index (κ2) is 3.99. The lowest BCUT2D eigenvalue weighted by Gasteiger charge is -2.31. The Hall–Kier alpha value is -0.730. The van der Waals surface area contributed by atoms with Crippen molar-refractivity contribution in [3.05, 3.63) is 0 Å². The number of hydrogen-bond donors (Lipinski definition) is 1. The first kappa shape index (κ1) is 10.4. The molecular formula is C10H21N3. The molecule has 0 bridgehead atoms. The molecule has 1 atom stereocenters. The van der Waals surface area contributed by atoms with Crippen molar-refractivity contribution in [1.82, 2.24) is 4.90 Å². The highest BCUT2D eigenvalue weighted by atomic mass is 15.3. The maximum atomic E-state index is 5.82. The van der Waals surface area contributed by atoms with E-state index in [1.807, 2.05) is 0 Å². The van der Waals surface area contributed by atoms with Crippen molar-refractivity contribution in [3.8, 4) is 0 Å². The van der Waals surface area contributed by atoms with Gasteiger partial charge in [-0.3, -0.25) is 4.99 Å². The van der Waals surface area contributed by atoms with Gasteiger partial charge in [-0.1, -0.05) is 13.8 Å². The average Bonchev–Trinajstić information content (AvgIpc) is 2.30. The van der Waals surface area contributed by atoms with Crippen LogP contribution in [0, 0.1) is 5.92 Å². The molecule has 1 unspecified atom stereocenters. The number of nitrogens with zero attached hydrogens (tertiary/aromatic N) is 2. The molecule has 1 heterocycles. The molecule has 1 rings (SSSR count). The standard InChI is InChI=1S/C10H21N3/c1-7(2)5-9-6-12-10(11)13(9)8(3)4/h7-9H,5-6H2,1-4H3,(H2,11,12). The monoisotopic (exact) mass is 183 g/mol. The van der Waals surface area contributed by atoms with Gasteiger partial charge < -0.3 is 10.6 Å². The topological polar surface area (TPSA) is 41.6 Å². The van der Waals surface area contributed by atoms with Gasteiger partial charge >= 0.3 is 0 Å². The quantitative estimate of drug-likeness (QED) is 0.719. The highest BCUT2D eigenvalue weighted by Gasteiger charge is 2.28. The van der Waals surface area contributed by atoms with Gasteiger partial charge in [0.25, 0.3) is 0 Å². The van der Waals surface area contributed by atoms with E-state index in [9.17, 15) is 0 Å². The highest BCUT2D eigenvalue weighted by Crippen LogP contribution is 2.18. The predicted octanol–water partition coefficient (Wildman–Crippen LogP) is 1.44. The molecule has 0 radical (unpaired) electrons. The third-order valence-electron chi connectivity index (χ3n) is 2.42. The average molecular weight is 183 g/mol. The summed E-state index contributed by atoms with van der Waals surface area (Å²) in [6, 6.07) is 0.995. The third-order valence-corrected chi connectivity index (χ3v) is 2.42. The molecule has 0 fully saturated rings.